The highest BCUT2D eigenvalue weighted by Crippen LogP contribution is 2.40. The van der Waals surface area contributed by atoms with Crippen molar-refractivity contribution in [1.82, 2.24) is 5.06 Å². The quantitative estimate of drug-likeness (QED) is 0.670. The Morgan fingerprint density at radius 2 is 1.77 bits per heavy atom. The van der Waals surface area contributed by atoms with Gasteiger partial charge in [0.05, 0.1) is 6.04 Å². The molecule has 1 aliphatic rings. The number of nitrogens with two attached hydrogens (primary N) is 1. The molecule has 22 heavy (non-hydrogen) atoms. The summed E-state index contributed by atoms with van der Waals surface area (Å²) in [5, 5.41) is 10.1. The Morgan fingerprint density at radius 3 is 2.45 bits per heavy atom. The molecule has 0 spiro atoms. The van der Waals surface area contributed by atoms with Crippen molar-refractivity contribution in [3.05, 3.63) is 60.2 Å². The summed E-state index contributed by atoms with van der Waals surface area (Å²) < 4.78 is 5.82. The van der Waals surface area contributed by atoms with E-state index in [0.717, 1.165) is 17.1 Å². The lowest BCUT2D eigenvalue weighted by molar-refractivity contribution is -0.102. The van der Waals surface area contributed by atoms with E-state index in [0.29, 0.717) is 23.8 Å². The average Bonchev–Trinajstić information content (AvgIpc) is 2.47. The molecule has 0 atom stereocenters. The van der Waals surface area contributed by atoms with Crippen molar-refractivity contribution in [3.63, 3.8) is 0 Å². The fourth-order valence-electron chi connectivity index (χ4n) is 2.70. The van der Waals surface area contributed by atoms with Crippen LogP contribution in [0.1, 0.15) is 24.3 Å². The van der Waals surface area contributed by atoms with Gasteiger partial charge in [-0.15, -0.1) is 0 Å². The van der Waals surface area contributed by atoms with Crippen molar-refractivity contribution in [3.8, 4) is 11.5 Å². The van der Waals surface area contributed by atoms with Crippen LogP contribution >= 0.6 is 0 Å². The molecule has 114 valence electrons. The van der Waals surface area contributed by atoms with Crippen molar-refractivity contribution in [2.75, 3.05) is 0 Å². The number of primary amides is 1. The number of para-hydroxylation sites is 1. The number of ether oxygens (including phenoxy) is 1. The van der Waals surface area contributed by atoms with Gasteiger partial charge in [0, 0.05) is 0 Å². The molecule has 5 nitrogen and oxygen atoms in total. The monoisotopic (exact) mass is 298 g/mol. The van der Waals surface area contributed by atoms with Gasteiger partial charge in [0.25, 0.3) is 0 Å². The third-order valence-corrected chi connectivity index (χ3v) is 3.99. The zero-order valence-electron chi connectivity index (χ0n) is 12.1. The number of nitrogens with zero attached hydrogens (tertiary/aromatic N) is 1. The molecule has 2 amide bonds. The number of hydrogen-bond acceptors (Lipinski definition) is 3. The summed E-state index contributed by atoms with van der Waals surface area (Å²) in [4.78, 5) is 10.9. The lowest BCUT2D eigenvalue weighted by atomic mass is 9.75. The predicted octanol–water partition coefficient (Wildman–Crippen LogP) is 3.49. The highest BCUT2D eigenvalue weighted by atomic mass is 16.5. The van der Waals surface area contributed by atoms with Gasteiger partial charge >= 0.3 is 6.03 Å². The van der Waals surface area contributed by atoms with Crippen LogP contribution in [0.5, 0.6) is 11.5 Å². The number of amides is 2. The van der Waals surface area contributed by atoms with Crippen molar-refractivity contribution in [2.45, 2.75) is 24.8 Å². The summed E-state index contributed by atoms with van der Waals surface area (Å²) in [5.74, 6) is 1.88. The highest BCUT2D eigenvalue weighted by Gasteiger charge is 2.36. The highest BCUT2D eigenvalue weighted by molar-refractivity contribution is 5.71. The topological polar surface area (TPSA) is 75.8 Å². The molecule has 2 aromatic rings. The summed E-state index contributed by atoms with van der Waals surface area (Å²) in [7, 11) is 0. The summed E-state index contributed by atoms with van der Waals surface area (Å²) in [5.41, 5.74) is 6.20. The van der Waals surface area contributed by atoms with E-state index in [1.165, 1.54) is 0 Å². The molecule has 0 aromatic heterocycles. The summed E-state index contributed by atoms with van der Waals surface area (Å²) >= 11 is 0. The fourth-order valence-corrected chi connectivity index (χ4v) is 2.70. The molecule has 0 radical (unpaired) electrons. The third-order valence-electron chi connectivity index (χ3n) is 3.99. The van der Waals surface area contributed by atoms with Crippen LogP contribution in [0.3, 0.4) is 0 Å². The lowest BCUT2D eigenvalue weighted by Crippen LogP contribution is -2.47. The molecule has 3 rings (SSSR count). The zero-order chi connectivity index (χ0) is 15.5. The van der Waals surface area contributed by atoms with Crippen LogP contribution in [0.2, 0.25) is 0 Å². The first kappa shape index (κ1) is 14.4. The lowest BCUT2D eigenvalue weighted by Gasteiger charge is -2.39. The van der Waals surface area contributed by atoms with Crippen LogP contribution in [-0.4, -0.2) is 22.3 Å². The molecule has 0 bridgehead atoms. The Morgan fingerprint density at radius 1 is 1.09 bits per heavy atom. The third kappa shape index (κ3) is 3.04. The molecule has 1 aliphatic carbocycles. The average molecular weight is 298 g/mol. The molecule has 0 heterocycles. The fraction of sp³-hybridized carbons (Fsp3) is 0.235. The molecule has 0 saturated heterocycles. The van der Waals surface area contributed by atoms with Gasteiger partial charge in [-0.2, -0.15) is 0 Å². The van der Waals surface area contributed by atoms with Crippen molar-refractivity contribution >= 4 is 6.03 Å². The van der Waals surface area contributed by atoms with Crippen LogP contribution in [0.4, 0.5) is 4.79 Å². The summed E-state index contributed by atoms with van der Waals surface area (Å²) in [6.07, 6.45) is 1.41. The van der Waals surface area contributed by atoms with E-state index in [1.807, 2.05) is 54.6 Å². The van der Waals surface area contributed by atoms with Crippen LogP contribution < -0.4 is 10.5 Å². The van der Waals surface area contributed by atoms with Gasteiger partial charge in [0.2, 0.25) is 0 Å². The first-order valence-corrected chi connectivity index (χ1v) is 7.24. The van der Waals surface area contributed by atoms with Gasteiger partial charge in [0.1, 0.15) is 11.5 Å². The van der Waals surface area contributed by atoms with Gasteiger partial charge < -0.3 is 10.5 Å². The molecular formula is C17H18N2O3. The number of urea groups is 1. The minimum absolute atomic E-state index is 0.193. The maximum Gasteiger partial charge on any atom is 0.338 e. The second kappa shape index (κ2) is 6.07. The number of hydroxylamine groups is 2. The molecule has 0 unspecified atom stereocenters. The van der Waals surface area contributed by atoms with Crippen LogP contribution in [0.15, 0.2) is 54.6 Å². The number of benzene rings is 2. The van der Waals surface area contributed by atoms with E-state index in [4.69, 9.17) is 10.5 Å². The SMILES string of the molecule is NC(=O)N(O)[C@H]1C[C@H](c2cccc(Oc3ccccc3)c2)C1. The van der Waals surface area contributed by atoms with Crippen molar-refractivity contribution in [1.29, 1.82) is 0 Å². The number of carbonyl (C=O) groups excluding carboxylic acids is 1. The zero-order valence-corrected chi connectivity index (χ0v) is 12.1. The number of rotatable bonds is 4. The van der Waals surface area contributed by atoms with Crippen LogP contribution in [-0.2, 0) is 0 Å². The Kier molecular flexibility index (Phi) is 3.98. The minimum atomic E-state index is -0.801. The van der Waals surface area contributed by atoms with Gasteiger partial charge in [-0.3, -0.25) is 5.21 Å². The minimum Gasteiger partial charge on any atom is -0.457 e. The smallest absolute Gasteiger partial charge is 0.338 e. The summed E-state index contributed by atoms with van der Waals surface area (Å²) in [6, 6.07) is 16.5. The maximum absolute atomic E-state index is 10.9. The molecular weight excluding hydrogens is 280 g/mol. The Hall–Kier alpha value is -2.53. The second-order valence-electron chi connectivity index (χ2n) is 5.49. The Bertz CT molecular complexity index is 654. The van der Waals surface area contributed by atoms with Gasteiger partial charge in [-0.05, 0) is 48.6 Å². The standard InChI is InChI=1S/C17H18N2O3/c18-17(20)19(21)14-9-13(10-14)12-5-4-8-16(11-12)22-15-6-2-1-3-7-15/h1-8,11,13-14,21H,9-10H2,(H2,18,20)/t13-,14-. The predicted molar refractivity (Wildman–Crippen MR) is 81.9 cm³/mol. The molecule has 0 aliphatic heterocycles. The number of carbonyl (C=O) groups is 1. The summed E-state index contributed by atoms with van der Waals surface area (Å²) in [6.45, 7) is 0. The molecule has 5 heteroatoms. The van der Waals surface area contributed by atoms with E-state index < -0.39 is 6.03 Å². The van der Waals surface area contributed by atoms with E-state index in [9.17, 15) is 10.0 Å². The van der Waals surface area contributed by atoms with Gasteiger partial charge in [0.15, 0.2) is 0 Å². The second-order valence-corrected chi connectivity index (χ2v) is 5.49. The van der Waals surface area contributed by atoms with E-state index in [-0.39, 0.29) is 6.04 Å². The maximum atomic E-state index is 10.9. The first-order valence-electron chi connectivity index (χ1n) is 7.24. The molecule has 1 saturated carbocycles. The van der Waals surface area contributed by atoms with Crippen LogP contribution in [0, 0.1) is 0 Å². The molecule has 2 aromatic carbocycles. The van der Waals surface area contributed by atoms with Crippen molar-refractivity contribution in [2.24, 2.45) is 5.73 Å². The largest absolute Gasteiger partial charge is 0.457 e. The van der Waals surface area contributed by atoms with E-state index >= 15 is 0 Å². The molecule has 3 N–H and O–H groups in total. The Labute approximate surface area is 128 Å². The van der Waals surface area contributed by atoms with E-state index in [2.05, 4.69) is 0 Å². The first-order chi connectivity index (χ1) is 10.6. The molecule has 1 fully saturated rings. The van der Waals surface area contributed by atoms with Gasteiger partial charge in [-0.25, -0.2) is 9.86 Å². The van der Waals surface area contributed by atoms with Gasteiger partial charge in [-0.1, -0.05) is 30.3 Å². The van der Waals surface area contributed by atoms with E-state index in [1.54, 1.807) is 0 Å². The number of hydrogen-bond donors (Lipinski definition) is 2. The van der Waals surface area contributed by atoms with Crippen molar-refractivity contribution < 1.29 is 14.7 Å². The Balaban J connectivity index is 1.65. The van der Waals surface area contributed by atoms with Crippen LogP contribution in [0.25, 0.3) is 0 Å². The normalized spacial score (nSPS) is 20.0.